The number of nitrogens with zero attached hydrogens (tertiary/aromatic N) is 1. The van der Waals surface area contributed by atoms with E-state index in [1.165, 1.54) is 25.3 Å². The number of allylic oxidation sites excluding steroid dienone is 3. The lowest BCUT2D eigenvalue weighted by molar-refractivity contribution is -0.148. The summed E-state index contributed by atoms with van der Waals surface area (Å²) in [6.45, 7) is 6.45. The van der Waals surface area contributed by atoms with E-state index in [9.17, 15) is 4.79 Å². The second-order valence-electron chi connectivity index (χ2n) is 9.88. The maximum atomic E-state index is 11.4. The van der Waals surface area contributed by atoms with Crippen LogP contribution in [0.1, 0.15) is 71.6 Å². The highest BCUT2D eigenvalue weighted by molar-refractivity contribution is 5.67. The van der Waals surface area contributed by atoms with E-state index in [2.05, 4.69) is 31.0 Å². The average molecular weight is 382 g/mol. The number of esters is 1. The topological polar surface area (TPSA) is 52.3 Å². The normalized spacial score (nSPS) is 42.0. The monoisotopic (exact) mass is 381 g/mol. The van der Waals surface area contributed by atoms with E-state index in [0.29, 0.717) is 5.92 Å². The first-order valence-corrected chi connectivity index (χ1v) is 10.9. The molecule has 1 aromatic heterocycles. The molecule has 0 unspecified atom stereocenters. The summed E-state index contributed by atoms with van der Waals surface area (Å²) in [6, 6.07) is 0. The molecule has 6 atom stereocenters. The van der Waals surface area contributed by atoms with Crippen molar-refractivity contribution in [3.8, 4) is 0 Å². The van der Waals surface area contributed by atoms with Gasteiger partial charge >= 0.3 is 5.97 Å². The first kappa shape index (κ1) is 18.2. The van der Waals surface area contributed by atoms with Crippen molar-refractivity contribution in [1.29, 1.82) is 0 Å². The number of oxazole rings is 1. The third kappa shape index (κ3) is 2.56. The Labute approximate surface area is 167 Å². The average Bonchev–Trinajstić information content (AvgIpc) is 3.28. The van der Waals surface area contributed by atoms with Gasteiger partial charge in [-0.2, -0.15) is 0 Å². The molecular formula is C24H31NO3. The SMILES string of the molecule is CC(=O)O[C@H]1CC[C@@]2(C)C(=CC[C@@H]3[C@@H]2CC[C@]2(C)C(c4ncco4)=CC[C@@H]32)C1. The van der Waals surface area contributed by atoms with Gasteiger partial charge in [-0.3, -0.25) is 4.79 Å². The molecule has 0 saturated heterocycles. The third-order valence-electron chi connectivity index (χ3n) is 8.63. The van der Waals surface area contributed by atoms with E-state index >= 15 is 0 Å². The van der Waals surface area contributed by atoms with Gasteiger partial charge in [0.05, 0.1) is 6.20 Å². The number of hydrogen-bond donors (Lipinski definition) is 0. The molecule has 0 amide bonds. The van der Waals surface area contributed by atoms with Crippen molar-refractivity contribution in [2.24, 2.45) is 28.6 Å². The minimum Gasteiger partial charge on any atom is -0.462 e. The van der Waals surface area contributed by atoms with Gasteiger partial charge in [-0.15, -0.1) is 0 Å². The van der Waals surface area contributed by atoms with Gasteiger partial charge in [-0.25, -0.2) is 4.98 Å². The number of aromatic nitrogens is 1. The molecule has 0 bridgehead atoms. The van der Waals surface area contributed by atoms with Crippen LogP contribution < -0.4 is 0 Å². The molecule has 0 N–H and O–H groups in total. The zero-order valence-electron chi connectivity index (χ0n) is 17.2. The Balaban J connectivity index is 1.41. The van der Waals surface area contributed by atoms with Crippen LogP contribution in [-0.4, -0.2) is 17.1 Å². The van der Waals surface area contributed by atoms with E-state index in [4.69, 9.17) is 9.15 Å². The maximum absolute atomic E-state index is 11.4. The molecule has 1 heterocycles. The lowest BCUT2D eigenvalue weighted by atomic mass is 9.47. The molecule has 4 heteroatoms. The van der Waals surface area contributed by atoms with Crippen LogP contribution in [0.5, 0.6) is 0 Å². The van der Waals surface area contributed by atoms with Crippen molar-refractivity contribution in [3.63, 3.8) is 0 Å². The van der Waals surface area contributed by atoms with Crippen molar-refractivity contribution in [2.45, 2.75) is 71.8 Å². The standard InChI is InChI=1S/C24H31NO3/c1-15(26)28-17-8-10-23(2)16(14-17)4-5-18-19-6-7-21(22-25-12-13-27-22)24(19,3)11-9-20(18)23/h4,7,12-13,17-20H,5-6,8-11,14H2,1-3H3/t17-,18-,19-,20-,23-,24-/m0/s1. The van der Waals surface area contributed by atoms with Gasteiger partial charge in [-0.1, -0.05) is 31.6 Å². The summed E-state index contributed by atoms with van der Waals surface area (Å²) in [6.07, 6.45) is 16.3. The third-order valence-corrected chi connectivity index (χ3v) is 8.63. The summed E-state index contributed by atoms with van der Waals surface area (Å²) >= 11 is 0. The minimum absolute atomic E-state index is 0.0759. The molecule has 0 spiro atoms. The van der Waals surface area contributed by atoms with Crippen LogP contribution in [0.25, 0.3) is 5.57 Å². The van der Waals surface area contributed by atoms with Gasteiger partial charge < -0.3 is 9.15 Å². The summed E-state index contributed by atoms with van der Waals surface area (Å²) in [4.78, 5) is 15.9. The Morgan fingerprint density at radius 2 is 1.96 bits per heavy atom. The number of hydrogen-bond acceptors (Lipinski definition) is 4. The molecule has 5 rings (SSSR count). The summed E-state index contributed by atoms with van der Waals surface area (Å²) < 4.78 is 11.2. The quantitative estimate of drug-likeness (QED) is 0.497. The predicted octanol–water partition coefficient (Wildman–Crippen LogP) is 5.56. The number of carbonyl (C=O) groups is 1. The lowest BCUT2D eigenvalue weighted by Gasteiger charge is -2.57. The molecule has 150 valence electrons. The van der Waals surface area contributed by atoms with Crippen LogP contribution >= 0.6 is 0 Å². The Morgan fingerprint density at radius 3 is 2.71 bits per heavy atom. The van der Waals surface area contributed by atoms with Gasteiger partial charge in [0.25, 0.3) is 0 Å². The largest absolute Gasteiger partial charge is 0.462 e. The second kappa shape index (κ2) is 6.33. The van der Waals surface area contributed by atoms with Gasteiger partial charge in [-0.05, 0) is 61.7 Å². The highest BCUT2D eigenvalue weighted by Gasteiger charge is 2.57. The summed E-state index contributed by atoms with van der Waals surface area (Å²) in [5, 5.41) is 0. The first-order chi connectivity index (χ1) is 13.4. The predicted molar refractivity (Wildman–Crippen MR) is 107 cm³/mol. The van der Waals surface area contributed by atoms with Crippen molar-refractivity contribution < 1.29 is 13.9 Å². The highest BCUT2D eigenvalue weighted by atomic mass is 16.5. The van der Waals surface area contributed by atoms with E-state index in [-0.39, 0.29) is 22.9 Å². The van der Waals surface area contributed by atoms with Crippen molar-refractivity contribution in [1.82, 2.24) is 4.98 Å². The van der Waals surface area contributed by atoms with E-state index < -0.39 is 0 Å². The Hall–Kier alpha value is -1.84. The molecule has 0 aromatic carbocycles. The van der Waals surface area contributed by atoms with Crippen LogP contribution in [0.4, 0.5) is 0 Å². The van der Waals surface area contributed by atoms with Crippen molar-refractivity contribution >= 4 is 11.5 Å². The number of carbonyl (C=O) groups excluding carboxylic acids is 1. The Bertz CT molecular complexity index is 838. The Kier molecular flexibility index (Phi) is 4.12. The molecule has 28 heavy (non-hydrogen) atoms. The van der Waals surface area contributed by atoms with Crippen LogP contribution in [0, 0.1) is 28.6 Å². The van der Waals surface area contributed by atoms with Crippen LogP contribution in [0.2, 0.25) is 0 Å². The molecule has 0 aliphatic heterocycles. The fraction of sp³-hybridized carbons (Fsp3) is 0.667. The highest BCUT2D eigenvalue weighted by Crippen LogP contribution is 2.66. The van der Waals surface area contributed by atoms with E-state index in [1.54, 1.807) is 18.0 Å². The van der Waals surface area contributed by atoms with Gasteiger partial charge in [0.2, 0.25) is 5.89 Å². The molecule has 1 aromatic rings. The molecule has 2 saturated carbocycles. The summed E-state index contributed by atoms with van der Waals surface area (Å²) in [5.41, 5.74) is 3.34. The number of rotatable bonds is 2. The van der Waals surface area contributed by atoms with Crippen LogP contribution in [0.3, 0.4) is 0 Å². The molecule has 2 fully saturated rings. The smallest absolute Gasteiger partial charge is 0.302 e. The fourth-order valence-corrected chi connectivity index (χ4v) is 7.22. The van der Waals surface area contributed by atoms with Crippen LogP contribution in [0.15, 0.2) is 34.6 Å². The Morgan fingerprint density at radius 1 is 1.14 bits per heavy atom. The lowest BCUT2D eigenvalue weighted by Crippen LogP contribution is -2.50. The van der Waals surface area contributed by atoms with Gasteiger partial charge in [0, 0.05) is 24.3 Å². The van der Waals surface area contributed by atoms with Gasteiger partial charge in [0.15, 0.2) is 0 Å². The van der Waals surface area contributed by atoms with Crippen molar-refractivity contribution in [3.05, 3.63) is 36.1 Å². The summed E-state index contributed by atoms with van der Waals surface area (Å²) in [7, 11) is 0. The van der Waals surface area contributed by atoms with Crippen molar-refractivity contribution in [2.75, 3.05) is 0 Å². The number of fused-ring (bicyclic) bond motifs is 5. The van der Waals surface area contributed by atoms with E-state index in [1.807, 2.05) is 0 Å². The van der Waals surface area contributed by atoms with Gasteiger partial charge in [0.1, 0.15) is 12.4 Å². The molecule has 0 radical (unpaired) electrons. The zero-order valence-corrected chi connectivity index (χ0v) is 17.2. The molecule has 4 aliphatic rings. The zero-order chi connectivity index (χ0) is 19.5. The fourth-order valence-electron chi connectivity index (χ4n) is 7.22. The molecular weight excluding hydrogens is 350 g/mol. The van der Waals surface area contributed by atoms with Crippen LogP contribution in [-0.2, 0) is 9.53 Å². The minimum atomic E-state index is -0.146. The number of ether oxygens (including phenoxy) is 1. The first-order valence-electron chi connectivity index (χ1n) is 10.9. The van der Waals surface area contributed by atoms with E-state index in [0.717, 1.165) is 49.8 Å². The molecule has 4 aliphatic carbocycles. The maximum Gasteiger partial charge on any atom is 0.302 e. The second-order valence-corrected chi connectivity index (χ2v) is 9.88. The molecule has 4 nitrogen and oxygen atoms in total. The summed E-state index contributed by atoms with van der Waals surface area (Å²) in [5.74, 6) is 2.81.